The lowest BCUT2D eigenvalue weighted by atomic mass is 9.89. The van der Waals surface area contributed by atoms with Crippen LogP contribution >= 0.6 is 22.7 Å². The highest BCUT2D eigenvalue weighted by Crippen LogP contribution is 2.46. The first-order valence-corrected chi connectivity index (χ1v) is 23.7. The van der Waals surface area contributed by atoms with E-state index in [0.717, 1.165) is 0 Å². The zero-order valence-corrected chi connectivity index (χ0v) is 36.1. The molecular weight excluding hydrogens is 809 g/mol. The van der Waals surface area contributed by atoms with Crippen molar-refractivity contribution in [3.63, 3.8) is 0 Å². The van der Waals surface area contributed by atoms with Gasteiger partial charge in [-0.25, -0.2) is 0 Å². The number of hydrogen-bond acceptors (Lipinski definition) is 2. The molecule has 0 aliphatic rings. The standard InChI is InChI=1S/C62H34S2/c1-2-10-46(42-20-28-56-52(32-42)54-34-44(22-30-58(54)64-56)48-24-16-40-14-12-36-6-4-8-38-18-26-50(48)62(40)60(36)38)45(9-1)41-19-27-55-51(31-41)53-33-43(21-29-57(53)63-55)47-23-15-39-13-11-35-5-3-7-37-17-25-49(47)61(39)59(35)37/h1-34H. The SMILES string of the molecule is c1ccc(-c2ccc3sc4ccc(-c5ccc6ccc7cccc8ccc5c6c78)cc4c3c2)c(-c2ccc3sc4ccc(-c5ccc6ccc7cccc8ccc5c6c78)cc4c3c2)c1. The second kappa shape index (κ2) is 13.0. The monoisotopic (exact) mass is 842 g/mol. The summed E-state index contributed by atoms with van der Waals surface area (Å²) in [4.78, 5) is 0. The molecule has 0 aliphatic carbocycles. The lowest BCUT2D eigenvalue weighted by Crippen LogP contribution is -1.87. The Bertz CT molecular complexity index is 4110. The number of fused-ring (bicyclic) bond motifs is 6. The molecule has 0 unspecified atom stereocenters. The summed E-state index contributed by atoms with van der Waals surface area (Å²) in [5.74, 6) is 0. The van der Waals surface area contributed by atoms with Gasteiger partial charge in [0.15, 0.2) is 0 Å². The summed E-state index contributed by atoms with van der Waals surface area (Å²) in [5.41, 5.74) is 10.1. The molecule has 64 heavy (non-hydrogen) atoms. The summed E-state index contributed by atoms with van der Waals surface area (Å²) in [7, 11) is 0. The predicted molar refractivity (Wildman–Crippen MR) is 281 cm³/mol. The van der Waals surface area contributed by atoms with Crippen molar-refractivity contribution in [1.29, 1.82) is 0 Å². The molecule has 0 nitrogen and oxygen atoms in total. The van der Waals surface area contributed by atoms with E-state index in [2.05, 4.69) is 206 Å². The first-order chi connectivity index (χ1) is 31.7. The maximum Gasteiger partial charge on any atom is 0.0355 e. The quantitative estimate of drug-likeness (QED) is 0.155. The number of benzene rings is 13. The molecule has 0 fully saturated rings. The van der Waals surface area contributed by atoms with Crippen molar-refractivity contribution in [2.24, 2.45) is 0 Å². The second-order valence-electron chi connectivity index (χ2n) is 17.5. The van der Waals surface area contributed by atoms with Gasteiger partial charge in [0.2, 0.25) is 0 Å². The van der Waals surface area contributed by atoms with Crippen LogP contribution in [-0.4, -0.2) is 0 Å². The number of hydrogen-bond donors (Lipinski definition) is 0. The molecule has 2 aromatic heterocycles. The Balaban J connectivity index is 0.849. The highest BCUT2D eigenvalue weighted by atomic mass is 32.1. The highest BCUT2D eigenvalue weighted by molar-refractivity contribution is 7.26. The van der Waals surface area contributed by atoms with E-state index >= 15 is 0 Å². The molecule has 15 aromatic rings. The maximum absolute atomic E-state index is 2.43. The fourth-order valence-electron chi connectivity index (χ4n) is 11.2. The van der Waals surface area contributed by atoms with Crippen molar-refractivity contribution < 1.29 is 0 Å². The molecule has 0 saturated carbocycles. The molecule has 2 heterocycles. The van der Waals surface area contributed by atoms with Crippen LogP contribution in [-0.2, 0) is 0 Å². The minimum atomic E-state index is 1.24. The zero-order valence-electron chi connectivity index (χ0n) is 34.4. The van der Waals surface area contributed by atoms with Crippen LogP contribution in [0.3, 0.4) is 0 Å². The van der Waals surface area contributed by atoms with Crippen LogP contribution in [0.25, 0.3) is 149 Å². The van der Waals surface area contributed by atoms with E-state index in [4.69, 9.17) is 0 Å². The Morgan fingerprint density at radius 2 is 0.516 bits per heavy atom. The lowest BCUT2D eigenvalue weighted by molar-refractivity contribution is 1.62. The number of rotatable bonds is 4. The highest BCUT2D eigenvalue weighted by Gasteiger charge is 2.18. The largest absolute Gasteiger partial charge is 0.135 e. The Labute approximate surface area is 376 Å². The van der Waals surface area contributed by atoms with Gasteiger partial charge in [-0.15, -0.1) is 22.7 Å². The topological polar surface area (TPSA) is 0 Å². The van der Waals surface area contributed by atoms with Crippen LogP contribution < -0.4 is 0 Å². The summed E-state index contributed by atoms with van der Waals surface area (Å²) in [5, 5.41) is 21.1. The van der Waals surface area contributed by atoms with Gasteiger partial charge in [-0.1, -0.05) is 158 Å². The maximum atomic E-state index is 2.43. The summed E-state index contributed by atoms with van der Waals surface area (Å²) >= 11 is 3.77. The third-order valence-electron chi connectivity index (χ3n) is 14.2. The van der Waals surface area contributed by atoms with Gasteiger partial charge in [0, 0.05) is 40.3 Å². The lowest BCUT2D eigenvalue weighted by Gasteiger charge is -2.14. The Kier molecular flexibility index (Phi) is 7.07. The molecule has 2 heteroatoms. The molecule has 0 radical (unpaired) electrons. The van der Waals surface area contributed by atoms with E-state index in [-0.39, 0.29) is 0 Å². The molecule has 0 spiro atoms. The smallest absolute Gasteiger partial charge is 0.0355 e. The minimum absolute atomic E-state index is 1.24. The first-order valence-electron chi connectivity index (χ1n) is 22.0. The molecule has 15 rings (SSSR count). The average Bonchev–Trinajstić information content (AvgIpc) is 3.91. The summed E-state index contributed by atoms with van der Waals surface area (Å²) in [6.07, 6.45) is 0. The van der Waals surface area contributed by atoms with Crippen LogP contribution in [0.15, 0.2) is 206 Å². The molecular formula is C62H34S2. The third kappa shape index (κ3) is 4.92. The van der Waals surface area contributed by atoms with Gasteiger partial charge in [-0.3, -0.25) is 0 Å². The summed E-state index contributed by atoms with van der Waals surface area (Å²) in [6, 6.07) is 78.1. The van der Waals surface area contributed by atoms with Crippen molar-refractivity contribution in [1.82, 2.24) is 0 Å². The van der Waals surface area contributed by atoms with Crippen molar-refractivity contribution in [2.45, 2.75) is 0 Å². The number of thiophene rings is 2. The first kappa shape index (κ1) is 34.9. The molecule has 0 aliphatic heterocycles. The van der Waals surface area contributed by atoms with Gasteiger partial charge in [0.1, 0.15) is 0 Å². The van der Waals surface area contributed by atoms with Gasteiger partial charge < -0.3 is 0 Å². The van der Waals surface area contributed by atoms with Crippen LogP contribution in [0.2, 0.25) is 0 Å². The molecule has 0 bridgehead atoms. The second-order valence-corrected chi connectivity index (χ2v) is 19.7. The normalized spacial score (nSPS) is 12.4. The van der Waals surface area contributed by atoms with Gasteiger partial charge in [0.05, 0.1) is 0 Å². The van der Waals surface area contributed by atoms with E-state index in [1.165, 1.54) is 149 Å². The van der Waals surface area contributed by atoms with E-state index in [9.17, 15) is 0 Å². The molecule has 13 aromatic carbocycles. The van der Waals surface area contributed by atoms with Crippen LogP contribution in [0.4, 0.5) is 0 Å². The Morgan fingerprint density at radius 1 is 0.203 bits per heavy atom. The predicted octanol–water partition coefficient (Wildman–Crippen LogP) is 18.9. The Hall–Kier alpha value is -7.62. The zero-order chi connectivity index (χ0) is 41.6. The fourth-order valence-corrected chi connectivity index (χ4v) is 13.3. The van der Waals surface area contributed by atoms with Crippen molar-refractivity contribution in [3.8, 4) is 44.5 Å². The molecule has 0 N–H and O–H groups in total. The fraction of sp³-hybridized carbons (Fsp3) is 0. The third-order valence-corrected chi connectivity index (χ3v) is 16.5. The van der Waals surface area contributed by atoms with Crippen molar-refractivity contribution in [2.75, 3.05) is 0 Å². The minimum Gasteiger partial charge on any atom is -0.135 e. The van der Waals surface area contributed by atoms with Crippen molar-refractivity contribution in [3.05, 3.63) is 206 Å². The molecule has 0 amide bonds. The van der Waals surface area contributed by atoms with E-state index < -0.39 is 0 Å². The van der Waals surface area contributed by atoms with Gasteiger partial charge in [-0.05, 0) is 158 Å². The molecule has 0 saturated heterocycles. The van der Waals surface area contributed by atoms with Gasteiger partial charge in [-0.2, -0.15) is 0 Å². The summed E-state index contributed by atoms with van der Waals surface area (Å²) < 4.78 is 5.27. The van der Waals surface area contributed by atoms with Gasteiger partial charge in [0.25, 0.3) is 0 Å². The van der Waals surface area contributed by atoms with E-state index in [0.29, 0.717) is 0 Å². The van der Waals surface area contributed by atoms with Crippen LogP contribution in [0.1, 0.15) is 0 Å². The molecule has 0 atom stereocenters. The van der Waals surface area contributed by atoms with E-state index in [1.54, 1.807) is 0 Å². The van der Waals surface area contributed by atoms with E-state index in [1.807, 2.05) is 22.7 Å². The van der Waals surface area contributed by atoms with Gasteiger partial charge >= 0.3 is 0 Å². The Morgan fingerprint density at radius 3 is 0.891 bits per heavy atom. The van der Waals surface area contributed by atoms with Crippen LogP contribution in [0, 0.1) is 0 Å². The average molecular weight is 843 g/mol. The molecule has 294 valence electrons. The van der Waals surface area contributed by atoms with Crippen molar-refractivity contribution >= 4 is 128 Å². The summed E-state index contributed by atoms with van der Waals surface area (Å²) in [6.45, 7) is 0. The van der Waals surface area contributed by atoms with Crippen LogP contribution in [0.5, 0.6) is 0 Å².